The Morgan fingerprint density at radius 3 is 1.35 bits per heavy atom. The fraction of sp³-hybridized carbons (Fsp3) is 0.234. The summed E-state index contributed by atoms with van der Waals surface area (Å²) in [6.07, 6.45) is -5.38. The molecule has 2 aliphatic heterocycles. The molecule has 0 spiro atoms. The lowest BCUT2D eigenvalue weighted by atomic mass is 9.96. The number of halogens is 6. The van der Waals surface area contributed by atoms with E-state index >= 15 is 0 Å². The van der Waals surface area contributed by atoms with Crippen LogP contribution in [0.5, 0.6) is 11.8 Å². The average Bonchev–Trinajstić information content (AvgIpc) is 3.79. The Hall–Kier alpha value is -7.90. The molecule has 338 valence electrons. The monoisotopic (exact) mass is 907 g/mol. The predicted molar refractivity (Wildman–Crippen MR) is 229 cm³/mol. The van der Waals surface area contributed by atoms with Gasteiger partial charge in [-0.05, 0) is 105 Å². The number of benzene rings is 4. The van der Waals surface area contributed by atoms with Crippen molar-refractivity contribution in [1.29, 1.82) is 10.5 Å². The van der Waals surface area contributed by atoms with Gasteiger partial charge < -0.3 is 34.9 Å². The number of anilines is 4. The van der Waals surface area contributed by atoms with Gasteiger partial charge in [0.25, 0.3) is 0 Å². The predicted octanol–water partition coefficient (Wildman–Crippen LogP) is 9.80. The number of aryl methyl sites for hydroxylation is 2. The summed E-state index contributed by atoms with van der Waals surface area (Å²) in [4.78, 5) is 31.5. The minimum absolute atomic E-state index is 0.0654. The van der Waals surface area contributed by atoms with E-state index in [-0.39, 0.29) is 58.7 Å². The van der Waals surface area contributed by atoms with E-state index in [1.54, 1.807) is 48.5 Å². The van der Waals surface area contributed by atoms with Crippen molar-refractivity contribution in [3.05, 3.63) is 154 Å². The van der Waals surface area contributed by atoms with Crippen LogP contribution < -0.4 is 20.4 Å². The van der Waals surface area contributed by atoms with Crippen LogP contribution in [0.25, 0.3) is 0 Å². The normalized spacial score (nSPS) is 16.0. The van der Waals surface area contributed by atoms with Gasteiger partial charge in [0.2, 0.25) is 0 Å². The molecule has 8 rings (SSSR count). The average molecular weight is 908 g/mol. The number of nitrogens with zero attached hydrogens (tertiary/aromatic N) is 7. The molecule has 6 aromatic rings. The highest BCUT2D eigenvalue weighted by molar-refractivity contribution is 6.04. The van der Waals surface area contributed by atoms with Gasteiger partial charge in [-0.25, -0.2) is 9.59 Å². The molecule has 0 radical (unpaired) electrons. The Balaban J connectivity index is 0.996. The van der Waals surface area contributed by atoms with Crippen molar-refractivity contribution < 1.29 is 46.1 Å². The van der Waals surface area contributed by atoms with Crippen molar-refractivity contribution in [2.45, 2.75) is 50.4 Å². The summed E-state index contributed by atoms with van der Waals surface area (Å²) in [5, 5.41) is 47.6. The molecule has 13 nitrogen and oxygen atoms in total. The molecule has 4 amide bonds. The quantitative estimate of drug-likeness (QED) is 0.0888. The summed E-state index contributed by atoms with van der Waals surface area (Å²) >= 11 is 0. The van der Waals surface area contributed by atoms with Gasteiger partial charge in [0.1, 0.15) is 0 Å². The molecule has 19 heteroatoms. The maximum atomic E-state index is 13.7. The van der Waals surface area contributed by atoms with Crippen LogP contribution in [0.4, 0.5) is 58.7 Å². The molecule has 2 aromatic heterocycles. The molecule has 2 aliphatic rings. The third-order valence-corrected chi connectivity index (χ3v) is 11.6. The highest BCUT2D eigenvalue weighted by atomic mass is 19.4. The van der Waals surface area contributed by atoms with Crippen molar-refractivity contribution >= 4 is 34.8 Å². The van der Waals surface area contributed by atoms with Crippen molar-refractivity contribution in [3.63, 3.8) is 0 Å². The van der Waals surface area contributed by atoms with Crippen LogP contribution in [0.3, 0.4) is 0 Å². The lowest BCUT2D eigenvalue weighted by molar-refractivity contribution is -0.138. The smallest absolute Gasteiger partial charge is 0.416 e. The summed E-state index contributed by atoms with van der Waals surface area (Å²) in [5.74, 6) is -0.421. The molecule has 4 heterocycles. The van der Waals surface area contributed by atoms with Crippen LogP contribution in [0.15, 0.2) is 109 Å². The maximum absolute atomic E-state index is 13.7. The number of aromatic nitrogens is 2. The molecule has 4 N–H and O–H groups in total. The Morgan fingerprint density at radius 2 is 1.00 bits per heavy atom. The van der Waals surface area contributed by atoms with Gasteiger partial charge in [-0.2, -0.15) is 36.9 Å². The highest BCUT2D eigenvalue weighted by Crippen LogP contribution is 2.48. The van der Waals surface area contributed by atoms with Gasteiger partial charge in [0, 0.05) is 25.5 Å². The van der Waals surface area contributed by atoms with Crippen LogP contribution in [-0.4, -0.2) is 56.4 Å². The molecule has 0 fully saturated rings. The van der Waals surface area contributed by atoms with Gasteiger partial charge in [0.15, 0.2) is 11.8 Å². The Kier molecular flexibility index (Phi) is 11.9. The molecule has 0 saturated carbocycles. The van der Waals surface area contributed by atoms with Crippen LogP contribution in [-0.2, 0) is 25.4 Å². The molecule has 0 bridgehead atoms. The largest absolute Gasteiger partial charge is 0.494 e. The van der Waals surface area contributed by atoms with E-state index in [1.807, 2.05) is 24.1 Å². The van der Waals surface area contributed by atoms with Crippen molar-refractivity contribution in [2.24, 2.45) is 0 Å². The second kappa shape index (κ2) is 17.6. The number of aromatic hydroxyl groups is 2. The van der Waals surface area contributed by atoms with Crippen LogP contribution in [0.1, 0.15) is 69.4 Å². The summed E-state index contributed by atoms with van der Waals surface area (Å²) in [7, 11) is 1.86. The lowest BCUT2D eigenvalue weighted by Gasteiger charge is -2.33. The fourth-order valence-electron chi connectivity index (χ4n) is 8.37. The number of hydrogen-bond donors (Lipinski definition) is 4. The minimum Gasteiger partial charge on any atom is -0.494 e. The van der Waals surface area contributed by atoms with Crippen LogP contribution in [0.2, 0.25) is 0 Å². The first-order valence-electron chi connectivity index (χ1n) is 20.5. The molecular weight excluding hydrogens is 869 g/mol. The first kappa shape index (κ1) is 44.7. The van der Waals surface area contributed by atoms with Gasteiger partial charge in [0.05, 0.1) is 80.4 Å². The number of fused-ring (bicyclic) bond motifs is 2. The van der Waals surface area contributed by atoms with Crippen molar-refractivity contribution in [1.82, 2.24) is 24.7 Å². The number of nitriles is 2. The number of alkyl halides is 6. The lowest BCUT2D eigenvalue weighted by Crippen LogP contribution is -2.44. The first-order valence-corrected chi connectivity index (χ1v) is 20.5. The topological polar surface area (TPSA) is 166 Å². The molecule has 2 atom stereocenters. The van der Waals surface area contributed by atoms with E-state index in [0.717, 1.165) is 34.1 Å². The summed E-state index contributed by atoms with van der Waals surface area (Å²) in [6, 6.07) is 22.1. The van der Waals surface area contributed by atoms with Gasteiger partial charge >= 0.3 is 24.4 Å². The van der Waals surface area contributed by atoms with E-state index in [0.29, 0.717) is 48.2 Å². The summed E-state index contributed by atoms with van der Waals surface area (Å²) in [5.41, 5.74) is 0.611. The molecular formula is C47H39F6N9O4. The van der Waals surface area contributed by atoms with Crippen LogP contribution >= 0.6 is 0 Å². The second-order valence-electron chi connectivity index (χ2n) is 15.9. The number of urea groups is 2. The Morgan fingerprint density at radius 1 is 0.621 bits per heavy atom. The van der Waals surface area contributed by atoms with Gasteiger partial charge in [-0.1, -0.05) is 36.4 Å². The van der Waals surface area contributed by atoms with Crippen molar-refractivity contribution in [2.75, 3.05) is 29.9 Å². The molecule has 0 unspecified atom stereocenters. The number of carbonyl (C=O) groups excluding carboxylic acids is 2. The SMILES string of the molecule is CN(CCCn1cc2c(c1O)[C@@H](c1ccc(C#N)cc1)NC(=O)N2c1cccc(C(F)(F)F)c1)CCCn1cc2c(c1O)[C@@H](c1ccc(C#N)cc1)NC(=O)N2c1cccc(C(F)(F)F)c1. The highest BCUT2D eigenvalue weighted by Gasteiger charge is 2.41. The zero-order valence-electron chi connectivity index (χ0n) is 34.9. The van der Waals surface area contributed by atoms with Crippen LogP contribution in [0, 0.1) is 22.7 Å². The van der Waals surface area contributed by atoms with Gasteiger partial charge in [-0.3, -0.25) is 9.80 Å². The number of nitrogens with one attached hydrogen (secondary N) is 2. The number of rotatable bonds is 12. The maximum Gasteiger partial charge on any atom is 0.416 e. The van der Waals surface area contributed by atoms with E-state index in [4.69, 9.17) is 0 Å². The third kappa shape index (κ3) is 8.68. The zero-order valence-corrected chi connectivity index (χ0v) is 34.9. The fourth-order valence-corrected chi connectivity index (χ4v) is 8.37. The third-order valence-electron chi connectivity index (χ3n) is 11.6. The zero-order chi connectivity index (χ0) is 47.1. The molecule has 0 saturated heterocycles. The Bertz CT molecular complexity index is 2700. The summed E-state index contributed by atoms with van der Waals surface area (Å²) in [6.45, 7) is 1.46. The van der Waals surface area contributed by atoms with E-state index in [9.17, 15) is 56.7 Å². The molecule has 66 heavy (non-hydrogen) atoms. The second-order valence-corrected chi connectivity index (χ2v) is 15.9. The molecule has 0 aliphatic carbocycles. The standard InChI is InChI=1S/C47H39F6N9O4/c1-58(18-4-20-59-26-36-38(42(59)63)40(30-14-10-28(24-54)11-15-30)56-44(65)61(36)34-8-2-6-32(22-34)46(48,49)50)19-5-21-60-27-37-39(43(60)64)41(31-16-12-29(25-55)13-17-31)57-45(66)62(37)35-9-3-7-33(23-35)47(51,52)53/h2-3,6-17,22-23,26-27,40-41,63-64H,4-5,18-21H2,1H3,(H,56,65)(H,57,66)/t40-,41-/m1/s1. The van der Waals surface area contributed by atoms with E-state index in [2.05, 4.69) is 10.6 Å². The Labute approximate surface area is 373 Å². The van der Waals surface area contributed by atoms with Gasteiger partial charge in [-0.15, -0.1) is 0 Å². The number of amides is 4. The molecule has 4 aromatic carbocycles. The summed E-state index contributed by atoms with van der Waals surface area (Å²) < 4.78 is 85.5. The van der Waals surface area contributed by atoms with Crippen molar-refractivity contribution in [3.8, 4) is 23.9 Å². The number of hydrogen-bond acceptors (Lipinski definition) is 7. The first-order chi connectivity index (χ1) is 31.5. The van der Waals surface area contributed by atoms with E-state index < -0.39 is 47.6 Å². The minimum atomic E-state index is -4.68. The number of carbonyl (C=O) groups is 2. The van der Waals surface area contributed by atoms with E-state index in [1.165, 1.54) is 45.8 Å².